The average molecular weight is 1380 g/mol. The quantitative estimate of drug-likeness (QED) is 0.0572. The molecule has 0 aromatic heterocycles. The first-order chi connectivity index (χ1) is 48.2. The molecule has 528 valence electrons. The molecule has 4 aliphatic rings. The summed E-state index contributed by atoms with van der Waals surface area (Å²) in [5.41, 5.74) is 7.75. The highest BCUT2D eigenvalue weighted by Crippen LogP contribution is 2.39. The van der Waals surface area contributed by atoms with Gasteiger partial charge in [0.2, 0.25) is 23.6 Å². The average Bonchev–Trinajstić information content (AvgIpc) is 0.823. The van der Waals surface area contributed by atoms with Gasteiger partial charge in [-0.2, -0.15) is 0 Å². The smallest absolute Gasteiger partial charge is 0.269 e. The molecule has 101 heavy (non-hydrogen) atoms. The highest BCUT2D eigenvalue weighted by molar-refractivity contribution is 5.87. The topological polar surface area (TPSA) is 263 Å². The number of carbonyl (C=O) groups excluding carboxylic acids is 4. The van der Waals surface area contributed by atoms with E-state index in [-0.39, 0.29) is 107 Å². The molecule has 8 atom stereocenters. The summed E-state index contributed by atoms with van der Waals surface area (Å²) in [6.07, 6.45) is 7.58. The Labute approximate surface area is 588 Å². The molecule has 0 bridgehead atoms. The Morgan fingerprint density at radius 1 is 0.386 bits per heavy atom. The molecule has 4 aliphatic heterocycles. The third-order valence-corrected chi connectivity index (χ3v) is 19.5. The van der Waals surface area contributed by atoms with Gasteiger partial charge in [-0.3, -0.25) is 59.6 Å². The SMILES string of the molecule is C.CC[C@@H](c1ccccc1)N1CCC[C@@H](c2ccc([N+](=O)[O-])cc2)C1=O.COc1ccc([C@H](C)N2CCC[C@@H](c3ccc([N+](=O)[O-])cc3)C2=O)cc1.C[C@@H](c1ccc(F)cc1)N1CCC[C@@H](c2ccc([N+](=O)[O-])cc2)C1=O.C[C@@H](c1ccccc1)N1CCC[C@@H](c2ccc([N+](=O)[O-])cc2)C1=O. The summed E-state index contributed by atoms with van der Waals surface area (Å²) < 4.78 is 18.3. The molecule has 8 aromatic carbocycles. The van der Waals surface area contributed by atoms with Gasteiger partial charge < -0.3 is 24.3 Å². The number of rotatable bonds is 18. The summed E-state index contributed by atoms with van der Waals surface area (Å²) in [5, 5.41) is 43.2. The fraction of sp³-hybridized carbons (Fsp3) is 0.342. The maximum Gasteiger partial charge on any atom is 0.269 e. The van der Waals surface area contributed by atoms with Crippen LogP contribution in [0.25, 0.3) is 0 Å². The second-order valence-electron chi connectivity index (χ2n) is 25.4. The first-order valence-electron chi connectivity index (χ1n) is 33.9. The van der Waals surface area contributed by atoms with E-state index in [1.165, 1.54) is 60.7 Å². The van der Waals surface area contributed by atoms with Crippen LogP contribution in [-0.4, -0.2) is 96.2 Å². The number of halogens is 1. The van der Waals surface area contributed by atoms with Gasteiger partial charge in [0.1, 0.15) is 11.6 Å². The molecule has 0 radical (unpaired) electrons. The number of ether oxygens (including phenoxy) is 1. The van der Waals surface area contributed by atoms with Crippen LogP contribution in [-0.2, 0) is 19.2 Å². The van der Waals surface area contributed by atoms with Crippen molar-refractivity contribution >= 4 is 46.4 Å². The summed E-state index contributed by atoms with van der Waals surface area (Å²) >= 11 is 0. The second kappa shape index (κ2) is 35.7. The Morgan fingerprint density at radius 3 is 0.921 bits per heavy atom. The van der Waals surface area contributed by atoms with E-state index in [1.807, 2.05) is 113 Å². The maximum atomic E-state index is 13.1. The summed E-state index contributed by atoms with van der Waals surface area (Å²) in [6.45, 7) is 11.0. The van der Waals surface area contributed by atoms with Crippen molar-refractivity contribution in [3.63, 3.8) is 0 Å². The molecule has 8 aromatic rings. The van der Waals surface area contributed by atoms with E-state index in [9.17, 15) is 64.0 Å². The van der Waals surface area contributed by atoms with Crippen LogP contribution >= 0.6 is 0 Å². The van der Waals surface area contributed by atoms with Crippen molar-refractivity contribution < 1.29 is 48.0 Å². The number of methoxy groups -OCH3 is 1. The molecule has 12 rings (SSSR count). The first kappa shape index (κ1) is 75.7. The largest absolute Gasteiger partial charge is 0.497 e. The number of hydrogen-bond donors (Lipinski definition) is 0. The number of hydrogen-bond acceptors (Lipinski definition) is 13. The second-order valence-corrected chi connectivity index (χ2v) is 25.4. The number of non-ortho nitro benzene ring substituents is 4. The Kier molecular flexibility index (Phi) is 26.7. The van der Waals surface area contributed by atoms with E-state index in [0.29, 0.717) is 6.54 Å². The minimum atomic E-state index is -0.449. The lowest BCUT2D eigenvalue weighted by Gasteiger charge is -2.38. The molecule has 4 fully saturated rings. The molecule has 4 amide bonds. The molecular formula is C79H87FN8O13. The van der Waals surface area contributed by atoms with Crippen molar-refractivity contribution in [1.82, 2.24) is 19.6 Å². The van der Waals surface area contributed by atoms with Crippen LogP contribution in [0.4, 0.5) is 27.1 Å². The fourth-order valence-electron chi connectivity index (χ4n) is 13.8. The van der Waals surface area contributed by atoms with Gasteiger partial charge in [-0.15, -0.1) is 0 Å². The summed E-state index contributed by atoms with van der Waals surface area (Å²) in [5.74, 6) is -0.173. The van der Waals surface area contributed by atoms with Gasteiger partial charge >= 0.3 is 0 Å². The van der Waals surface area contributed by atoms with Crippen LogP contribution in [0.5, 0.6) is 5.75 Å². The van der Waals surface area contributed by atoms with Gasteiger partial charge in [-0.05, 0) is 147 Å². The highest BCUT2D eigenvalue weighted by Gasteiger charge is 2.38. The summed E-state index contributed by atoms with van der Waals surface area (Å²) in [4.78, 5) is 101. The van der Waals surface area contributed by atoms with Gasteiger partial charge in [0.25, 0.3) is 22.7 Å². The number of benzene rings is 8. The van der Waals surface area contributed by atoms with Crippen molar-refractivity contribution in [3.05, 3.63) is 297 Å². The van der Waals surface area contributed by atoms with E-state index in [1.54, 1.807) is 67.8 Å². The van der Waals surface area contributed by atoms with Crippen LogP contribution in [0.15, 0.2) is 206 Å². The number of piperidine rings is 4. The van der Waals surface area contributed by atoms with Crippen molar-refractivity contribution in [2.24, 2.45) is 0 Å². The molecule has 4 heterocycles. The number of nitro groups is 4. The van der Waals surface area contributed by atoms with Gasteiger partial charge in [0.15, 0.2) is 0 Å². The van der Waals surface area contributed by atoms with Crippen LogP contribution in [0.3, 0.4) is 0 Å². The zero-order chi connectivity index (χ0) is 71.6. The molecule has 4 saturated heterocycles. The Balaban J connectivity index is 0.000000171. The standard InChI is InChI=1S/C20H22N2O4.C20H22N2O3.C19H19FN2O3.C19H20N2O3.CH4/c1-14(15-7-11-18(26-2)12-8-15)21-13-3-4-19(20(21)23)16-5-9-17(10-6-16)22(24)25;1-2-19(16-7-4-3-5-8-16)21-14-6-9-18(20(21)23)15-10-12-17(13-11-15)22(24)25;1-13(14-4-8-16(20)9-5-14)21-12-2-3-18(19(21)23)15-6-10-17(11-7-15)22(24)25;1-14(15-6-3-2-4-7-15)20-13-5-8-18(19(20)22)16-9-11-17(12-10-16)21(23)24;/h5-12,14,19H,3-4,13H2,1-2H3;3-5,7-8,10-13,18-19H,2,6,9,14H2,1H3;4-11,13,18H,2-3,12H2,1H3;2-4,6-7,9-12,14,18H,5,8,13H2,1H3;1H4/t14-,19-;18-,19-;13-,18-;14-,18-;/m0000./s1. The molecule has 0 saturated carbocycles. The number of nitrogens with zero attached hydrogens (tertiary/aromatic N) is 8. The van der Waals surface area contributed by atoms with Gasteiger partial charge in [-0.1, -0.05) is 148 Å². The lowest BCUT2D eigenvalue weighted by Crippen LogP contribution is -2.42. The molecular weight excluding hydrogens is 1290 g/mol. The van der Waals surface area contributed by atoms with Crippen molar-refractivity contribution in [2.75, 3.05) is 33.3 Å². The monoisotopic (exact) mass is 1370 g/mol. The first-order valence-corrected chi connectivity index (χ1v) is 33.9. The molecule has 0 aliphatic carbocycles. The van der Waals surface area contributed by atoms with Crippen molar-refractivity contribution in [2.45, 2.75) is 141 Å². The molecule has 0 spiro atoms. The molecule has 22 heteroatoms. The zero-order valence-electron chi connectivity index (χ0n) is 56.7. The van der Waals surface area contributed by atoms with Gasteiger partial charge in [0.05, 0.1) is 74.6 Å². The van der Waals surface area contributed by atoms with Crippen LogP contribution in [0.1, 0.15) is 185 Å². The Hall–Kier alpha value is -11.0. The fourth-order valence-corrected chi connectivity index (χ4v) is 13.8. The third kappa shape index (κ3) is 18.8. The predicted molar refractivity (Wildman–Crippen MR) is 384 cm³/mol. The van der Waals surface area contributed by atoms with Crippen molar-refractivity contribution in [3.8, 4) is 5.75 Å². The number of nitro benzene ring substituents is 4. The van der Waals surface area contributed by atoms with Crippen LogP contribution < -0.4 is 4.74 Å². The van der Waals surface area contributed by atoms with E-state index in [4.69, 9.17) is 4.74 Å². The number of carbonyl (C=O) groups is 4. The lowest BCUT2D eigenvalue weighted by molar-refractivity contribution is -0.385. The summed E-state index contributed by atoms with van der Waals surface area (Å²) in [6, 6.07) is 59.3. The Morgan fingerprint density at radius 2 is 0.644 bits per heavy atom. The molecule has 0 N–H and O–H groups in total. The lowest BCUT2D eigenvalue weighted by atomic mass is 9.87. The van der Waals surface area contributed by atoms with Crippen molar-refractivity contribution in [1.29, 1.82) is 0 Å². The van der Waals surface area contributed by atoms with E-state index in [0.717, 1.165) is 128 Å². The Bertz CT molecular complexity index is 4100. The molecule has 21 nitrogen and oxygen atoms in total. The summed E-state index contributed by atoms with van der Waals surface area (Å²) in [7, 11) is 1.63. The third-order valence-electron chi connectivity index (χ3n) is 19.5. The maximum absolute atomic E-state index is 13.1. The molecule has 0 unspecified atom stereocenters. The van der Waals surface area contributed by atoms with E-state index < -0.39 is 19.7 Å². The normalized spacial score (nSPS) is 18.6. The minimum absolute atomic E-state index is 0. The van der Waals surface area contributed by atoms with E-state index >= 15 is 0 Å². The zero-order valence-corrected chi connectivity index (χ0v) is 56.7. The number of likely N-dealkylation sites (tertiary alicyclic amines) is 4. The predicted octanol–water partition coefficient (Wildman–Crippen LogP) is 17.4. The highest BCUT2D eigenvalue weighted by atomic mass is 19.1. The van der Waals surface area contributed by atoms with Gasteiger partial charge in [0, 0.05) is 74.7 Å². The van der Waals surface area contributed by atoms with E-state index in [2.05, 4.69) is 19.1 Å². The van der Waals surface area contributed by atoms with Crippen LogP contribution in [0, 0.1) is 46.3 Å². The van der Waals surface area contributed by atoms with Crippen LogP contribution in [0.2, 0.25) is 0 Å². The minimum Gasteiger partial charge on any atom is -0.497 e. The van der Waals surface area contributed by atoms with Gasteiger partial charge in [-0.25, -0.2) is 4.39 Å². The number of amides is 4.